The largest absolute Gasteiger partial charge is 0.468 e. The van der Waals surface area contributed by atoms with Gasteiger partial charge in [0, 0.05) is 0 Å². The van der Waals surface area contributed by atoms with Gasteiger partial charge in [-0.15, -0.1) is 0 Å². The second kappa shape index (κ2) is 4.41. The van der Waals surface area contributed by atoms with Crippen molar-refractivity contribution in [1.82, 2.24) is 0 Å². The molecule has 0 radical (unpaired) electrons. The summed E-state index contributed by atoms with van der Waals surface area (Å²) in [6, 6.07) is 5.15. The first-order valence-corrected chi connectivity index (χ1v) is 6.33. The number of rotatable bonds is 2. The summed E-state index contributed by atoms with van der Waals surface area (Å²) in [6.45, 7) is 1.69. The van der Waals surface area contributed by atoms with E-state index in [1.54, 1.807) is 25.1 Å². The monoisotopic (exact) mass is 288 g/mol. The van der Waals surface area contributed by atoms with E-state index in [0.717, 1.165) is 0 Å². The van der Waals surface area contributed by atoms with Crippen LogP contribution in [0.15, 0.2) is 18.2 Å². The molecule has 0 saturated heterocycles. The molecule has 1 saturated carbocycles. The lowest BCUT2D eigenvalue weighted by Gasteiger charge is -2.50. The Balaban J connectivity index is 2.49. The third kappa shape index (κ3) is 2.00. The first-order chi connectivity index (χ1) is 8.32. The molecule has 0 aliphatic heterocycles. The van der Waals surface area contributed by atoms with Gasteiger partial charge >= 0.3 is 5.97 Å². The van der Waals surface area contributed by atoms with E-state index in [4.69, 9.17) is 27.9 Å². The van der Waals surface area contributed by atoms with Crippen LogP contribution in [0.5, 0.6) is 0 Å². The Morgan fingerprint density at radius 1 is 1.39 bits per heavy atom. The van der Waals surface area contributed by atoms with Crippen LogP contribution in [-0.4, -0.2) is 23.8 Å². The number of carbonyl (C=O) groups is 1. The molecule has 1 fully saturated rings. The molecular formula is C13H14Cl2O3. The van der Waals surface area contributed by atoms with Gasteiger partial charge in [-0.2, -0.15) is 0 Å². The lowest BCUT2D eigenvalue weighted by Crippen LogP contribution is -2.57. The van der Waals surface area contributed by atoms with Crippen LogP contribution in [0, 0.1) is 0 Å². The maximum atomic E-state index is 12.0. The van der Waals surface area contributed by atoms with Crippen molar-refractivity contribution in [3.63, 3.8) is 0 Å². The van der Waals surface area contributed by atoms with E-state index in [2.05, 4.69) is 0 Å². The maximum absolute atomic E-state index is 12.0. The molecule has 2 rings (SSSR count). The zero-order valence-corrected chi connectivity index (χ0v) is 11.7. The number of aliphatic hydroxyl groups is 1. The number of esters is 1. The lowest BCUT2D eigenvalue weighted by molar-refractivity contribution is -0.165. The van der Waals surface area contributed by atoms with Crippen molar-refractivity contribution in [2.24, 2.45) is 0 Å². The van der Waals surface area contributed by atoms with Crippen molar-refractivity contribution in [3.05, 3.63) is 33.8 Å². The van der Waals surface area contributed by atoms with E-state index in [-0.39, 0.29) is 12.8 Å². The van der Waals surface area contributed by atoms with Crippen molar-refractivity contribution >= 4 is 29.2 Å². The number of methoxy groups -OCH3 is 1. The van der Waals surface area contributed by atoms with E-state index in [1.807, 2.05) is 0 Å². The Morgan fingerprint density at radius 2 is 2.00 bits per heavy atom. The van der Waals surface area contributed by atoms with Crippen LogP contribution in [-0.2, 0) is 14.9 Å². The molecular weight excluding hydrogens is 275 g/mol. The molecule has 98 valence electrons. The Labute approximate surface area is 116 Å². The van der Waals surface area contributed by atoms with Gasteiger partial charge in [-0.1, -0.05) is 35.3 Å². The van der Waals surface area contributed by atoms with Crippen LogP contribution in [0.2, 0.25) is 10.0 Å². The minimum Gasteiger partial charge on any atom is -0.468 e. The summed E-state index contributed by atoms with van der Waals surface area (Å²) in [7, 11) is 1.33. The molecule has 1 aromatic carbocycles. The van der Waals surface area contributed by atoms with Gasteiger partial charge in [0.25, 0.3) is 0 Å². The zero-order chi connectivity index (χ0) is 13.6. The highest BCUT2D eigenvalue weighted by atomic mass is 35.5. The number of hydrogen-bond donors (Lipinski definition) is 1. The molecule has 5 heteroatoms. The minimum absolute atomic E-state index is 0.284. The van der Waals surface area contributed by atoms with Crippen molar-refractivity contribution < 1.29 is 14.6 Å². The van der Waals surface area contributed by atoms with Gasteiger partial charge in [0.2, 0.25) is 0 Å². The average molecular weight is 289 g/mol. The van der Waals surface area contributed by atoms with E-state index in [1.165, 1.54) is 7.11 Å². The summed E-state index contributed by atoms with van der Waals surface area (Å²) < 4.78 is 4.85. The van der Waals surface area contributed by atoms with Crippen LogP contribution >= 0.6 is 23.2 Å². The first kappa shape index (κ1) is 13.7. The third-order valence-corrected chi connectivity index (χ3v) is 4.23. The molecule has 0 amide bonds. The minimum atomic E-state index is -0.889. The van der Waals surface area contributed by atoms with Crippen LogP contribution in [0.1, 0.15) is 25.3 Å². The molecule has 18 heavy (non-hydrogen) atoms. The average Bonchev–Trinajstić information content (AvgIpc) is 2.28. The Kier molecular flexibility index (Phi) is 3.34. The highest BCUT2D eigenvalue weighted by molar-refractivity contribution is 6.42. The normalized spacial score (nSPS) is 30.7. The lowest BCUT2D eigenvalue weighted by atomic mass is 9.56. The maximum Gasteiger partial charge on any atom is 0.316 e. The van der Waals surface area contributed by atoms with Gasteiger partial charge in [0.1, 0.15) is 0 Å². The van der Waals surface area contributed by atoms with Crippen LogP contribution in [0.4, 0.5) is 0 Å². The van der Waals surface area contributed by atoms with Gasteiger partial charge in [-0.3, -0.25) is 4.79 Å². The highest BCUT2D eigenvalue weighted by Gasteiger charge is 2.58. The van der Waals surface area contributed by atoms with Crippen LogP contribution in [0.3, 0.4) is 0 Å². The molecule has 0 aromatic heterocycles. The number of benzene rings is 1. The third-order valence-electron chi connectivity index (χ3n) is 3.41. The van der Waals surface area contributed by atoms with Gasteiger partial charge in [0.05, 0.1) is 28.2 Å². The Bertz CT molecular complexity index is 489. The fourth-order valence-corrected chi connectivity index (χ4v) is 3.24. The standard InChI is InChI=1S/C13H14Cl2O3/c1-12(17)6-13(7-12,11(16)18-2)8-4-3-5-9(14)10(8)15/h3-5,17H,6-7H2,1-2H3. The van der Waals surface area contributed by atoms with Crippen molar-refractivity contribution in [2.45, 2.75) is 30.8 Å². The summed E-state index contributed by atoms with van der Waals surface area (Å²) in [5.74, 6) is -0.391. The van der Waals surface area contributed by atoms with Crippen molar-refractivity contribution in [3.8, 4) is 0 Å². The number of halogens is 2. The quantitative estimate of drug-likeness (QED) is 0.851. The molecule has 0 heterocycles. The molecule has 1 aliphatic carbocycles. The van der Waals surface area contributed by atoms with Crippen LogP contribution in [0.25, 0.3) is 0 Å². The second-order valence-corrected chi connectivity index (χ2v) is 5.81. The molecule has 0 spiro atoms. The smallest absolute Gasteiger partial charge is 0.316 e. The fourth-order valence-electron chi connectivity index (χ4n) is 2.76. The van der Waals surface area contributed by atoms with E-state index >= 15 is 0 Å². The van der Waals surface area contributed by atoms with Gasteiger partial charge < -0.3 is 9.84 Å². The molecule has 0 bridgehead atoms. The first-order valence-electron chi connectivity index (χ1n) is 5.58. The summed E-state index contributed by atoms with van der Waals surface area (Å²) in [6.07, 6.45) is 0.569. The van der Waals surface area contributed by atoms with Gasteiger partial charge in [-0.25, -0.2) is 0 Å². The molecule has 1 aromatic rings. The van der Waals surface area contributed by atoms with E-state index < -0.39 is 17.0 Å². The predicted octanol–water partition coefficient (Wildman–Crippen LogP) is 2.95. The molecule has 1 aliphatic rings. The predicted molar refractivity (Wildman–Crippen MR) is 70.0 cm³/mol. The topological polar surface area (TPSA) is 46.5 Å². The summed E-state index contributed by atoms with van der Waals surface area (Å²) in [5, 5.41) is 10.7. The van der Waals surface area contributed by atoms with Crippen LogP contribution < -0.4 is 0 Å². The summed E-state index contributed by atoms with van der Waals surface area (Å²) in [4.78, 5) is 12.0. The van der Waals surface area contributed by atoms with Gasteiger partial charge in [-0.05, 0) is 31.4 Å². The Hall–Kier alpha value is -0.770. The molecule has 0 atom stereocenters. The SMILES string of the molecule is COC(=O)C1(c2cccc(Cl)c2Cl)CC(C)(O)C1. The Morgan fingerprint density at radius 3 is 2.50 bits per heavy atom. The number of hydrogen-bond acceptors (Lipinski definition) is 3. The highest BCUT2D eigenvalue weighted by Crippen LogP contribution is 2.53. The molecule has 1 N–H and O–H groups in total. The summed E-state index contributed by atoms with van der Waals surface area (Å²) in [5.41, 5.74) is -1.14. The fraction of sp³-hybridized carbons (Fsp3) is 0.462. The summed E-state index contributed by atoms with van der Waals surface area (Å²) >= 11 is 12.1. The van der Waals surface area contributed by atoms with Gasteiger partial charge in [0.15, 0.2) is 0 Å². The van der Waals surface area contributed by atoms with E-state index in [0.29, 0.717) is 15.6 Å². The van der Waals surface area contributed by atoms with Crippen molar-refractivity contribution in [1.29, 1.82) is 0 Å². The van der Waals surface area contributed by atoms with Crippen molar-refractivity contribution in [2.75, 3.05) is 7.11 Å². The second-order valence-electron chi connectivity index (χ2n) is 5.03. The zero-order valence-electron chi connectivity index (χ0n) is 10.2. The molecule has 3 nitrogen and oxygen atoms in total. The number of carbonyl (C=O) groups excluding carboxylic acids is 1. The molecule has 0 unspecified atom stereocenters. The van der Waals surface area contributed by atoms with E-state index in [9.17, 15) is 9.90 Å². The number of ether oxygens (including phenoxy) is 1.